The van der Waals surface area contributed by atoms with E-state index >= 15 is 0 Å². The van der Waals surface area contributed by atoms with Crippen molar-refractivity contribution in [3.63, 3.8) is 0 Å². The quantitative estimate of drug-likeness (QED) is 0.225. The van der Waals surface area contributed by atoms with Gasteiger partial charge in [-0.15, -0.1) is 0 Å². The normalized spacial score (nSPS) is 16.4. The number of nitriles is 1. The van der Waals surface area contributed by atoms with Crippen LogP contribution >= 0.6 is 0 Å². The molecule has 0 radical (unpaired) electrons. The Bertz CT molecular complexity index is 1970. The van der Waals surface area contributed by atoms with Crippen LogP contribution in [-0.2, 0) is 22.1 Å². The average molecular weight is 711 g/mol. The smallest absolute Gasteiger partial charge is 0.379 e. The largest absolute Gasteiger partial charge is 0.417 e. The summed E-state index contributed by atoms with van der Waals surface area (Å²) in [5.41, 5.74) is -0.849. The van der Waals surface area contributed by atoms with Gasteiger partial charge in [-0.05, 0) is 72.0 Å². The first-order chi connectivity index (χ1) is 25.0. The van der Waals surface area contributed by atoms with Crippen molar-refractivity contribution in [2.24, 2.45) is 5.92 Å². The van der Waals surface area contributed by atoms with Crippen molar-refractivity contribution in [2.75, 3.05) is 44.7 Å². The number of amides is 3. The number of benzene rings is 4. The number of rotatable bonds is 8. The lowest BCUT2D eigenvalue weighted by molar-refractivity contribution is -0.142. The van der Waals surface area contributed by atoms with Crippen LogP contribution in [0.3, 0.4) is 0 Å². The SMILES string of the molecule is N#Cc1ccc(NC(=O)C(O)(Cc2cccc(-c3ccc(C(=O)N4CCOCC4)cc3)c2)C2CCN(C(=O)c3ccccc3)CC2)cc1C(F)(F)F. The number of piperidine rings is 1. The number of alkyl halides is 3. The third-order valence-electron chi connectivity index (χ3n) is 9.74. The van der Waals surface area contributed by atoms with Gasteiger partial charge < -0.3 is 25.0 Å². The zero-order valence-electron chi connectivity index (χ0n) is 28.2. The van der Waals surface area contributed by atoms with Crippen LogP contribution in [0.2, 0.25) is 0 Å². The third-order valence-corrected chi connectivity index (χ3v) is 9.74. The van der Waals surface area contributed by atoms with Crippen molar-refractivity contribution in [3.05, 3.63) is 125 Å². The predicted octanol–water partition coefficient (Wildman–Crippen LogP) is 6.18. The number of halogens is 3. The first-order valence-corrected chi connectivity index (χ1v) is 17.0. The molecule has 52 heavy (non-hydrogen) atoms. The van der Waals surface area contributed by atoms with Gasteiger partial charge in [-0.1, -0.05) is 54.6 Å². The Hall–Kier alpha value is -5.51. The van der Waals surface area contributed by atoms with Gasteiger partial charge in [0.2, 0.25) is 0 Å². The number of aliphatic hydroxyl groups is 1. The van der Waals surface area contributed by atoms with Crippen molar-refractivity contribution in [1.29, 1.82) is 5.26 Å². The molecule has 0 spiro atoms. The van der Waals surface area contributed by atoms with Gasteiger partial charge in [-0.2, -0.15) is 18.4 Å². The molecule has 3 amide bonds. The molecule has 1 unspecified atom stereocenters. The lowest BCUT2D eigenvalue weighted by Gasteiger charge is -2.40. The Balaban J connectivity index is 1.25. The molecular formula is C40H37F3N4O5. The van der Waals surface area contributed by atoms with E-state index in [4.69, 9.17) is 4.74 Å². The summed E-state index contributed by atoms with van der Waals surface area (Å²) in [7, 11) is 0. The van der Waals surface area contributed by atoms with Crippen LogP contribution in [0.15, 0.2) is 97.1 Å². The zero-order valence-corrected chi connectivity index (χ0v) is 28.2. The monoisotopic (exact) mass is 710 g/mol. The van der Waals surface area contributed by atoms with E-state index in [0.29, 0.717) is 49.1 Å². The minimum Gasteiger partial charge on any atom is -0.379 e. The minimum atomic E-state index is -4.84. The Kier molecular flexibility index (Phi) is 10.7. The number of likely N-dealkylation sites (tertiary alicyclic amines) is 1. The molecular weight excluding hydrogens is 673 g/mol. The predicted molar refractivity (Wildman–Crippen MR) is 187 cm³/mol. The van der Waals surface area contributed by atoms with Gasteiger partial charge in [0.25, 0.3) is 17.7 Å². The number of hydrogen-bond donors (Lipinski definition) is 2. The molecule has 0 bridgehead atoms. The van der Waals surface area contributed by atoms with Crippen molar-refractivity contribution in [3.8, 4) is 17.2 Å². The van der Waals surface area contributed by atoms with Crippen molar-refractivity contribution < 1.29 is 37.4 Å². The summed E-state index contributed by atoms with van der Waals surface area (Å²) < 4.78 is 46.6. The first-order valence-electron chi connectivity index (χ1n) is 17.0. The second-order valence-electron chi connectivity index (χ2n) is 13.0. The molecule has 0 aliphatic carbocycles. The first kappa shape index (κ1) is 36.3. The molecule has 9 nitrogen and oxygen atoms in total. The van der Waals surface area contributed by atoms with Crippen LogP contribution in [0.5, 0.6) is 0 Å². The van der Waals surface area contributed by atoms with Crippen molar-refractivity contribution in [2.45, 2.75) is 31.0 Å². The lowest BCUT2D eigenvalue weighted by Crippen LogP contribution is -2.54. The highest BCUT2D eigenvalue weighted by Crippen LogP contribution is 2.37. The van der Waals surface area contributed by atoms with Gasteiger partial charge in [0.05, 0.1) is 30.4 Å². The summed E-state index contributed by atoms with van der Waals surface area (Å²) in [5.74, 6) is -1.80. The van der Waals surface area contributed by atoms with Gasteiger partial charge in [0, 0.05) is 55.3 Å². The Morgan fingerprint density at radius 2 is 1.42 bits per heavy atom. The topological polar surface area (TPSA) is 123 Å². The van der Waals surface area contributed by atoms with E-state index in [1.165, 1.54) is 12.1 Å². The van der Waals surface area contributed by atoms with E-state index < -0.39 is 34.7 Å². The summed E-state index contributed by atoms with van der Waals surface area (Å²) >= 11 is 0. The highest BCUT2D eigenvalue weighted by Gasteiger charge is 2.46. The number of morpholine rings is 1. The fourth-order valence-corrected chi connectivity index (χ4v) is 6.85. The molecule has 2 aliphatic heterocycles. The van der Waals surface area contributed by atoms with Crippen LogP contribution in [0, 0.1) is 17.2 Å². The van der Waals surface area contributed by atoms with E-state index in [9.17, 15) is 37.9 Å². The van der Waals surface area contributed by atoms with Crippen LogP contribution in [0.25, 0.3) is 11.1 Å². The van der Waals surface area contributed by atoms with E-state index in [2.05, 4.69) is 5.32 Å². The second-order valence-corrected chi connectivity index (χ2v) is 13.0. The number of anilines is 1. The van der Waals surface area contributed by atoms with Crippen LogP contribution < -0.4 is 5.32 Å². The van der Waals surface area contributed by atoms with Crippen molar-refractivity contribution >= 4 is 23.4 Å². The molecule has 0 aromatic heterocycles. The number of hydrogen-bond acceptors (Lipinski definition) is 6. The molecule has 4 aromatic rings. The maximum absolute atomic E-state index is 14.0. The van der Waals surface area contributed by atoms with E-state index in [1.807, 2.05) is 30.3 Å². The molecule has 2 saturated heterocycles. The maximum Gasteiger partial charge on any atom is 0.417 e. The van der Waals surface area contributed by atoms with Gasteiger partial charge in [0.1, 0.15) is 5.60 Å². The Labute approximate surface area is 299 Å². The minimum absolute atomic E-state index is 0.0826. The van der Waals surface area contributed by atoms with Gasteiger partial charge in [-0.3, -0.25) is 14.4 Å². The summed E-state index contributed by atoms with van der Waals surface area (Å²) in [5, 5.41) is 24.0. The molecule has 4 aromatic carbocycles. The highest BCUT2D eigenvalue weighted by atomic mass is 19.4. The summed E-state index contributed by atoms with van der Waals surface area (Å²) in [4.78, 5) is 43.5. The van der Waals surface area contributed by atoms with Gasteiger partial charge in [-0.25, -0.2) is 0 Å². The molecule has 2 N–H and O–H groups in total. The van der Waals surface area contributed by atoms with Gasteiger partial charge in [0.15, 0.2) is 0 Å². The van der Waals surface area contributed by atoms with E-state index in [0.717, 1.165) is 17.2 Å². The average Bonchev–Trinajstić information content (AvgIpc) is 3.17. The molecule has 1 atom stereocenters. The molecule has 2 fully saturated rings. The van der Waals surface area contributed by atoms with Crippen LogP contribution in [0.1, 0.15) is 50.2 Å². The second kappa shape index (κ2) is 15.4. The number of carbonyl (C=O) groups is 3. The Morgan fingerprint density at radius 1 is 0.788 bits per heavy atom. The maximum atomic E-state index is 14.0. The summed E-state index contributed by atoms with van der Waals surface area (Å²) in [6.45, 7) is 2.56. The van der Waals surface area contributed by atoms with Crippen molar-refractivity contribution in [1.82, 2.24) is 9.80 Å². The fourth-order valence-electron chi connectivity index (χ4n) is 6.85. The molecule has 6 rings (SSSR count). The van der Waals surface area contributed by atoms with Crippen LogP contribution in [-0.4, -0.2) is 77.6 Å². The molecule has 12 heteroatoms. The third kappa shape index (κ3) is 8.01. The lowest BCUT2D eigenvalue weighted by atomic mass is 9.75. The van der Waals surface area contributed by atoms with Crippen LogP contribution in [0.4, 0.5) is 18.9 Å². The number of nitrogens with one attached hydrogen (secondary N) is 1. The van der Waals surface area contributed by atoms with Gasteiger partial charge >= 0.3 is 6.18 Å². The number of nitrogens with zero attached hydrogens (tertiary/aromatic N) is 3. The zero-order chi connectivity index (χ0) is 36.9. The molecule has 2 aliphatic rings. The highest BCUT2D eigenvalue weighted by molar-refractivity contribution is 5.98. The molecule has 2 heterocycles. The fraction of sp³-hybridized carbons (Fsp3) is 0.300. The number of carbonyl (C=O) groups excluding carboxylic acids is 3. The molecule has 0 saturated carbocycles. The summed E-state index contributed by atoms with van der Waals surface area (Å²) in [6, 6.07) is 27.6. The Morgan fingerprint density at radius 3 is 2.06 bits per heavy atom. The standard InChI is InChI=1S/C40H37F3N4O5/c41-40(42,43)35-24-34(14-13-32(35)26-44)45-38(50)39(51,33-15-17-46(18-16-33)36(48)29-6-2-1-3-7-29)25-27-5-4-8-31(23-27)28-9-11-30(12-10-28)37(49)47-19-21-52-22-20-47/h1-14,23-24,33,51H,15-22,25H2,(H,45,50). The van der Waals surface area contributed by atoms with E-state index in [1.54, 1.807) is 58.3 Å². The molecule has 268 valence electrons. The van der Waals surface area contributed by atoms with E-state index in [-0.39, 0.29) is 49.9 Å². The summed E-state index contributed by atoms with van der Waals surface area (Å²) in [6.07, 6.45) is -4.47. The number of ether oxygens (including phenoxy) is 1.